The monoisotopic (exact) mass is 362 g/mol. The summed E-state index contributed by atoms with van der Waals surface area (Å²) in [5.41, 5.74) is 3.30. The maximum atomic E-state index is 5.43. The number of nitrogens with one attached hydrogen (secondary N) is 1. The Morgan fingerprint density at radius 3 is 2.74 bits per heavy atom. The quantitative estimate of drug-likeness (QED) is 0.729. The van der Waals surface area contributed by atoms with Gasteiger partial charge in [0.2, 0.25) is 5.95 Å². The van der Waals surface area contributed by atoms with Gasteiger partial charge in [0.15, 0.2) is 0 Å². The number of ether oxygens (including phenoxy) is 2. The zero-order valence-electron chi connectivity index (χ0n) is 15.6. The molecule has 0 bridgehead atoms. The summed E-state index contributed by atoms with van der Waals surface area (Å²) in [5.74, 6) is 2.81. The Morgan fingerprint density at radius 1 is 1.07 bits per heavy atom. The van der Waals surface area contributed by atoms with Gasteiger partial charge in [-0.05, 0) is 43.2 Å². The molecule has 6 nitrogen and oxygen atoms in total. The van der Waals surface area contributed by atoms with Crippen LogP contribution >= 0.6 is 0 Å². The van der Waals surface area contributed by atoms with Crippen molar-refractivity contribution >= 4 is 23.1 Å². The second kappa shape index (κ2) is 7.15. The van der Waals surface area contributed by atoms with Crippen molar-refractivity contribution in [1.29, 1.82) is 0 Å². The average Bonchev–Trinajstić information content (AvgIpc) is 3.03. The Kier molecular flexibility index (Phi) is 4.54. The largest absolute Gasteiger partial charge is 0.497 e. The molecule has 0 amide bonds. The molecule has 0 fully saturated rings. The number of fused-ring (bicyclic) bond motifs is 1. The van der Waals surface area contributed by atoms with Gasteiger partial charge >= 0.3 is 0 Å². The van der Waals surface area contributed by atoms with Gasteiger partial charge in [0.1, 0.15) is 17.3 Å². The molecular weight excluding hydrogens is 340 g/mol. The lowest BCUT2D eigenvalue weighted by Gasteiger charge is -2.24. The number of benzene rings is 2. The van der Waals surface area contributed by atoms with Crippen LogP contribution < -0.4 is 19.7 Å². The lowest BCUT2D eigenvalue weighted by Crippen LogP contribution is -2.25. The third-order valence-corrected chi connectivity index (χ3v) is 4.75. The van der Waals surface area contributed by atoms with Crippen LogP contribution in [0.5, 0.6) is 11.5 Å². The van der Waals surface area contributed by atoms with Gasteiger partial charge in [-0.1, -0.05) is 18.2 Å². The fraction of sp³-hybridized carbons (Fsp3) is 0.238. The normalized spacial score (nSPS) is 15.4. The van der Waals surface area contributed by atoms with Crippen LogP contribution in [0.4, 0.5) is 23.1 Å². The van der Waals surface area contributed by atoms with Crippen molar-refractivity contribution in [3.8, 4) is 11.5 Å². The molecule has 0 saturated heterocycles. The molecule has 0 aliphatic carbocycles. The summed E-state index contributed by atoms with van der Waals surface area (Å²) in [6.45, 7) is 2.21. The van der Waals surface area contributed by atoms with Gasteiger partial charge in [0, 0.05) is 24.0 Å². The highest BCUT2D eigenvalue weighted by molar-refractivity contribution is 5.70. The maximum Gasteiger partial charge on any atom is 0.229 e. The van der Waals surface area contributed by atoms with Crippen molar-refractivity contribution in [2.45, 2.75) is 19.4 Å². The molecule has 27 heavy (non-hydrogen) atoms. The number of methoxy groups -OCH3 is 2. The molecule has 1 aromatic heterocycles. The maximum absolute atomic E-state index is 5.43. The number of rotatable bonds is 5. The Labute approximate surface area is 158 Å². The second-order valence-corrected chi connectivity index (χ2v) is 6.48. The summed E-state index contributed by atoms with van der Waals surface area (Å²) >= 11 is 0. The Morgan fingerprint density at radius 2 is 1.93 bits per heavy atom. The molecule has 4 rings (SSSR count). The van der Waals surface area contributed by atoms with Crippen molar-refractivity contribution in [1.82, 2.24) is 9.97 Å². The van der Waals surface area contributed by atoms with Crippen LogP contribution in [0.15, 0.2) is 54.7 Å². The van der Waals surface area contributed by atoms with E-state index in [9.17, 15) is 0 Å². The molecule has 0 saturated carbocycles. The predicted octanol–water partition coefficient (Wildman–Crippen LogP) is 4.32. The Bertz CT molecular complexity index is 960. The predicted molar refractivity (Wildman–Crippen MR) is 107 cm³/mol. The van der Waals surface area contributed by atoms with Gasteiger partial charge in [0.25, 0.3) is 0 Å². The number of nitrogens with zero attached hydrogens (tertiary/aromatic N) is 3. The van der Waals surface area contributed by atoms with Crippen molar-refractivity contribution in [2.75, 3.05) is 24.4 Å². The summed E-state index contributed by atoms with van der Waals surface area (Å²) in [5, 5.41) is 3.25. The lowest BCUT2D eigenvalue weighted by atomic mass is 10.1. The molecule has 0 spiro atoms. The van der Waals surface area contributed by atoms with Crippen LogP contribution in [0.3, 0.4) is 0 Å². The number of aromatic nitrogens is 2. The lowest BCUT2D eigenvalue weighted by molar-refractivity contribution is 0.405. The van der Waals surface area contributed by atoms with Crippen LogP contribution in [0.2, 0.25) is 0 Å². The summed E-state index contributed by atoms with van der Waals surface area (Å²) in [6, 6.07) is 16.3. The molecule has 1 aliphatic heterocycles. The first kappa shape index (κ1) is 17.1. The molecule has 1 N–H and O–H groups in total. The van der Waals surface area contributed by atoms with Crippen molar-refractivity contribution in [3.63, 3.8) is 0 Å². The molecule has 1 unspecified atom stereocenters. The molecule has 6 heteroatoms. The number of para-hydroxylation sites is 1. The Hall–Kier alpha value is -3.28. The van der Waals surface area contributed by atoms with Gasteiger partial charge in [0.05, 0.1) is 19.9 Å². The van der Waals surface area contributed by atoms with E-state index in [0.29, 0.717) is 17.7 Å². The highest BCUT2D eigenvalue weighted by Crippen LogP contribution is 2.37. The van der Waals surface area contributed by atoms with E-state index < -0.39 is 0 Å². The smallest absolute Gasteiger partial charge is 0.229 e. The molecule has 2 aromatic carbocycles. The van der Waals surface area contributed by atoms with Crippen molar-refractivity contribution in [3.05, 3.63) is 60.3 Å². The fourth-order valence-corrected chi connectivity index (χ4v) is 3.49. The van der Waals surface area contributed by atoms with E-state index >= 15 is 0 Å². The molecule has 1 atom stereocenters. The number of hydrogen-bond acceptors (Lipinski definition) is 6. The summed E-state index contributed by atoms with van der Waals surface area (Å²) in [7, 11) is 3.27. The van der Waals surface area contributed by atoms with E-state index in [1.165, 1.54) is 11.3 Å². The zero-order chi connectivity index (χ0) is 18.8. The van der Waals surface area contributed by atoms with Crippen LogP contribution in [-0.2, 0) is 6.42 Å². The zero-order valence-corrected chi connectivity index (χ0v) is 15.6. The van der Waals surface area contributed by atoms with Crippen LogP contribution in [-0.4, -0.2) is 30.2 Å². The SMILES string of the molecule is COc1ccc(OC)c(Nc2nccc(N3c4ccccc4CC3C)n2)c1. The topological polar surface area (TPSA) is 59.5 Å². The second-order valence-electron chi connectivity index (χ2n) is 6.48. The van der Waals surface area contributed by atoms with Gasteiger partial charge in [-0.25, -0.2) is 4.98 Å². The highest BCUT2D eigenvalue weighted by atomic mass is 16.5. The first-order chi connectivity index (χ1) is 13.2. The minimum atomic E-state index is 0.344. The van der Waals surface area contributed by atoms with E-state index in [2.05, 4.69) is 46.4 Å². The van der Waals surface area contributed by atoms with Crippen molar-refractivity contribution < 1.29 is 9.47 Å². The molecule has 1 aliphatic rings. The van der Waals surface area contributed by atoms with E-state index in [1.807, 2.05) is 24.3 Å². The van der Waals surface area contributed by atoms with Gasteiger partial charge in [-0.3, -0.25) is 0 Å². The average molecular weight is 362 g/mol. The van der Waals surface area contributed by atoms with Gasteiger partial charge in [-0.2, -0.15) is 4.98 Å². The number of hydrogen-bond donors (Lipinski definition) is 1. The minimum absolute atomic E-state index is 0.344. The summed E-state index contributed by atoms with van der Waals surface area (Å²) in [6.07, 6.45) is 2.78. The van der Waals surface area contributed by atoms with Crippen LogP contribution in [0.1, 0.15) is 12.5 Å². The first-order valence-corrected chi connectivity index (χ1v) is 8.89. The molecule has 2 heterocycles. The molecule has 3 aromatic rings. The van der Waals surface area contributed by atoms with Crippen LogP contribution in [0, 0.1) is 0 Å². The third-order valence-electron chi connectivity index (χ3n) is 4.75. The summed E-state index contributed by atoms with van der Waals surface area (Å²) < 4.78 is 10.7. The van der Waals surface area contributed by atoms with Crippen molar-refractivity contribution in [2.24, 2.45) is 0 Å². The van der Waals surface area contributed by atoms with Gasteiger partial charge < -0.3 is 19.7 Å². The summed E-state index contributed by atoms with van der Waals surface area (Å²) in [4.78, 5) is 11.4. The van der Waals surface area contributed by atoms with E-state index in [1.54, 1.807) is 20.4 Å². The fourth-order valence-electron chi connectivity index (χ4n) is 3.49. The van der Waals surface area contributed by atoms with Gasteiger partial charge in [-0.15, -0.1) is 0 Å². The highest BCUT2D eigenvalue weighted by Gasteiger charge is 2.27. The molecule has 0 radical (unpaired) electrons. The molecule has 138 valence electrons. The van der Waals surface area contributed by atoms with E-state index in [4.69, 9.17) is 14.5 Å². The van der Waals surface area contributed by atoms with E-state index in [0.717, 1.165) is 23.7 Å². The minimum Gasteiger partial charge on any atom is -0.497 e. The standard InChI is InChI=1S/C21H22N4O2/c1-14-12-15-6-4-5-7-18(15)25(14)20-10-11-22-21(24-20)23-17-13-16(26-2)8-9-19(17)27-3/h4-11,13-14H,12H2,1-3H3,(H,22,23,24). The molecular formula is C21H22N4O2. The Balaban J connectivity index is 1.66. The van der Waals surface area contributed by atoms with Crippen LogP contribution in [0.25, 0.3) is 0 Å². The first-order valence-electron chi connectivity index (χ1n) is 8.89. The van der Waals surface area contributed by atoms with E-state index in [-0.39, 0.29) is 0 Å². The number of anilines is 4. The third kappa shape index (κ3) is 3.26.